The number of aliphatic hydroxyl groups is 1. The molecule has 0 saturated heterocycles. The lowest BCUT2D eigenvalue weighted by atomic mass is 10.2. The van der Waals surface area contributed by atoms with E-state index in [-0.39, 0.29) is 25.1 Å². The highest BCUT2D eigenvalue weighted by Crippen LogP contribution is 1.97. The second kappa shape index (κ2) is 7.74. The van der Waals surface area contributed by atoms with Gasteiger partial charge in [0.15, 0.2) is 0 Å². The number of halogens is 1. The quantitative estimate of drug-likeness (QED) is 0.782. The van der Waals surface area contributed by atoms with Crippen molar-refractivity contribution in [1.82, 2.24) is 10.3 Å². The van der Waals surface area contributed by atoms with Gasteiger partial charge in [-0.3, -0.25) is 4.98 Å². The van der Waals surface area contributed by atoms with Gasteiger partial charge in [0.05, 0.1) is 6.61 Å². The van der Waals surface area contributed by atoms with Crippen LogP contribution in [0.2, 0.25) is 0 Å². The first-order valence-electron chi connectivity index (χ1n) is 4.60. The van der Waals surface area contributed by atoms with Crippen LogP contribution in [-0.2, 0) is 6.54 Å². The van der Waals surface area contributed by atoms with Gasteiger partial charge in [-0.25, -0.2) is 0 Å². The molecule has 3 nitrogen and oxygen atoms in total. The molecule has 0 radical (unpaired) electrons. The highest BCUT2D eigenvalue weighted by molar-refractivity contribution is 5.85. The Bertz CT molecular complexity index is 227. The topological polar surface area (TPSA) is 45.1 Å². The third-order valence-corrected chi connectivity index (χ3v) is 2.03. The van der Waals surface area contributed by atoms with Crippen LogP contribution in [0.25, 0.3) is 0 Å². The molecule has 1 aromatic heterocycles. The Morgan fingerprint density at radius 1 is 1.57 bits per heavy atom. The summed E-state index contributed by atoms with van der Waals surface area (Å²) in [6.07, 6.45) is 4.53. The molecule has 80 valence electrons. The molecule has 2 N–H and O–H groups in total. The first-order chi connectivity index (χ1) is 6.36. The Balaban J connectivity index is 0.00000169. The lowest BCUT2D eigenvalue weighted by molar-refractivity contribution is 0.238. The van der Waals surface area contributed by atoms with Crippen molar-refractivity contribution in [2.24, 2.45) is 0 Å². The maximum Gasteiger partial charge on any atom is 0.0584 e. The first-order valence-corrected chi connectivity index (χ1v) is 4.60. The largest absolute Gasteiger partial charge is 0.395 e. The van der Waals surface area contributed by atoms with Gasteiger partial charge >= 0.3 is 0 Å². The fourth-order valence-electron chi connectivity index (χ4n) is 1.10. The zero-order valence-electron chi connectivity index (χ0n) is 8.31. The van der Waals surface area contributed by atoms with Crippen LogP contribution in [-0.4, -0.2) is 22.7 Å². The molecule has 0 bridgehead atoms. The fraction of sp³-hybridized carbons (Fsp3) is 0.500. The van der Waals surface area contributed by atoms with Crippen molar-refractivity contribution >= 4 is 12.4 Å². The molecule has 0 aromatic carbocycles. The van der Waals surface area contributed by atoms with Gasteiger partial charge in [-0.2, -0.15) is 0 Å². The van der Waals surface area contributed by atoms with E-state index >= 15 is 0 Å². The Labute approximate surface area is 91.0 Å². The van der Waals surface area contributed by atoms with Crippen LogP contribution in [0.3, 0.4) is 0 Å². The van der Waals surface area contributed by atoms with Crippen molar-refractivity contribution in [2.75, 3.05) is 6.61 Å². The molecular weight excluding hydrogens is 200 g/mol. The van der Waals surface area contributed by atoms with E-state index < -0.39 is 0 Å². The fourth-order valence-corrected chi connectivity index (χ4v) is 1.10. The van der Waals surface area contributed by atoms with E-state index in [1.165, 1.54) is 0 Å². The number of pyridine rings is 1. The number of rotatable bonds is 5. The summed E-state index contributed by atoms with van der Waals surface area (Å²) >= 11 is 0. The molecule has 0 saturated carbocycles. The first kappa shape index (κ1) is 13.4. The van der Waals surface area contributed by atoms with Crippen LogP contribution < -0.4 is 5.32 Å². The zero-order valence-corrected chi connectivity index (χ0v) is 9.13. The van der Waals surface area contributed by atoms with E-state index in [4.69, 9.17) is 5.11 Å². The molecule has 1 aromatic rings. The Morgan fingerprint density at radius 2 is 2.36 bits per heavy atom. The molecule has 1 unspecified atom stereocenters. The molecule has 14 heavy (non-hydrogen) atoms. The van der Waals surface area contributed by atoms with Gasteiger partial charge in [0.1, 0.15) is 0 Å². The lowest BCUT2D eigenvalue weighted by Crippen LogP contribution is -2.31. The molecule has 0 aliphatic heterocycles. The van der Waals surface area contributed by atoms with Crippen LogP contribution in [0.1, 0.15) is 18.9 Å². The van der Waals surface area contributed by atoms with E-state index in [0.29, 0.717) is 0 Å². The predicted octanol–water partition coefficient (Wildman–Crippen LogP) is 1.36. The summed E-state index contributed by atoms with van der Waals surface area (Å²) in [5.41, 5.74) is 1.15. The van der Waals surface area contributed by atoms with E-state index in [0.717, 1.165) is 18.5 Å². The summed E-state index contributed by atoms with van der Waals surface area (Å²) < 4.78 is 0. The highest BCUT2D eigenvalue weighted by atomic mass is 35.5. The number of nitrogens with zero attached hydrogens (tertiary/aromatic N) is 1. The van der Waals surface area contributed by atoms with Gasteiger partial charge in [0, 0.05) is 25.0 Å². The minimum Gasteiger partial charge on any atom is -0.395 e. The molecule has 1 rings (SSSR count). The molecule has 0 fully saturated rings. The second-order valence-electron chi connectivity index (χ2n) is 3.03. The number of hydrogen-bond donors (Lipinski definition) is 2. The summed E-state index contributed by atoms with van der Waals surface area (Å²) in [5, 5.41) is 12.2. The van der Waals surface area contributed by atoms with Gasteiger partial charge in [0.25, 0.3) is 0 Å². The normalized spacial score (nSPS) is 11.9. The second-order valence-corrected chi connectivity index (χ2v) is 3.03. The van der Waals surface area contributed by atoms with Gasteiger partial charge in [0.2, 0.25) is 0 Å². The third-order valence-electron chi connectivity index (χ3n) is 2.03. The zero-order chi connectivity index (χ0) is 9.52. The molecule has 0 aliphatic carbocycles. The van der Waals surface area contributed by atoms with Gasteiger partial charge in [-0.05, 0) is 18.1 Å². The molecule has 0 amide bonds. The van der Waals surface area contributed by atoms with Crippen LogP contribution >= 0.6 is 12.4 Å². The van der Waals surface area contributed by atoms with Crippen LogP contribution in [0.4, 0.5) is 0 Å². The Kier molecular flexibility index (Phi) is 7.38. The van der Waals surface area contributed by atoms with Crippen molar-refractivity contribution in [2.45, 2.75) is 25.9 Å². The molecule has 0 aliphatic rings. The number of aromatic nitrogens is 1. The molecular formula is C10H17ClN2O. The van der Waals surface area contributed by atoms with Crippen molar-refractivity contribution in [3.63, 3.8) is 0 Å². The monoisotopic (exact) mass is 216 g/mol. The van der Waals surface area contributed by atoms with E-state index in [2.05, 4.69) is 17.2 Å². The smallest absolute Gasteiger partial charge is 0.0584 e. The average molecular weight is 217 g/mol. The average Bonchev–Trinajstić information content (AvgIpc) is 2.21. The summed E-state index contributed by atoms with van der Waals surface area (Å²) in [7, 11) is 0. The highest BCUT2D eigenvalue weighted by Gasteiger charge is 2.02. The van der Waals surface area contributed by atoms with Gasteiger partial charge in [-0.1, -0.05) is 13.0 Å². The van der Waals surface area contributed by atoms with Crippen molar-refractivity contribution < 1.29 is 5.11 Å². The molecule has 1 atom stereocenters. The maximum absolute atomic E-state index is 8.93. The summed E-state index contributed by atoms with van der Waals surface area (Å²) in [5.74, 6) is 0. The van der Waals surface area contributed by atoms with Crippen LogP contribution in [0.5, 0.6) is 0 Å². The third kappa shape index (κ3) is 4.56. The minimum absolute atomic E-state index is 0. The van der Waals surface area contributed by atoms with Crippen molar-refractivity contribution in [3.8, 4) is 0 Å². The number of nitrogens with one attached hydrogen (secondary N) is 1. The molecule has 4 heteroatoms. The Hall–Kier alpha value is -0.640. The van der Waals surface area contributed by atoms with Crippen molar-refractivity contribution in [1.29, 1.82) is 0 Å². The van der Waals surface area contributed by atoms with Crippen molar-refractivity contribution in [3.05, 3.63) is 30.1 Å². The lowest BCUT2D eigenvalue weighted by Gasteiger charge is -2.13. The Morgan fingerprint density at radius 3 is 2.86 bits per heavy atom. The van der Waals surface area contributed by atoms with E-state index in [1.807, 2.05) is 18.3 Å². The van der Waals surface area contributed by atoms with Crippen LogP contribution in [0.15, 0.2) is 24.5 Å². The number of hydrogen-bond acceptors (Lipinski definition) is 3. The standard InChI is InChI=1S/C10H16N2O.ClH/c1-2-10(8-13)12-7-9-4-3-5-11-6-9;/h3-6,10,12-13H,2,7-8H2,1H3;1H. The van der Waals surface area contributed by atoms with E-state index in [1.54, 1.807) is 6.20 Å². The predicted molar refractivity (Wildman–Crippen MR) is 59.5 cm³/mol. The van der Waals surface area contributed by atoms with E-state index in [9.17, 15) is 0 Å². The number of aliphatic hydroxyl groups excluding tert-OH is 1. The summed E-state index contributed by atoms with van der Waals surface area (Å²) in [4.78, 5) is 4.01. The minimum atomic E-state index is 0. The molecule has 1 heterocycles. The molecule has 0 spiro atoms. The van der Waals surface area contributed by atoms with Gasteiger partial charge < -0.3 is 10.4 Å². The van der Waals surface area contributed by atoms with Crippen LogP contribution in [0, 0.1) is 0 Å². The van der Waals surface area contributed by atoms with Gasteiger partial charge in [-0.15, -0.1) is 12.4 Å². The maximum atomic E-state index is 8.93. The summed E-state index contributed by atoms with van der Waals surface area (Å²) in [6, 6.07) is 4.13. The summed E-state index contributed by atoms with van der Waals surface area (Å²) in [6.45, 7) is 3.01. The SMILES string of the molecule is CCC(CO)NCc1cccnc1.Cl.